The Bertz CT molecular complexity index is 712. The highest BCUT2D eigenvalue weighted by molar-refractivity contribution is 6.02. The summed E-state index contributed by atoms with van der Waals surface area (Å²) < 4.78 is 15.5. The van der Waals surface area contributed by atoms with Gasteiger partial charge in [0.05, 0.1) is 20.3 Å². The maximum absolute atomic E-state index is 12.6. The maximum Gasteiger partial charge on any atom is 0.340 e. The Morgan fingerprint density at radius 1 is 0.889 bits per heavy atom. The summed E-state index contributed by atoms with van der Waals surface area (Å²) in [6.45, 7) is 4.10. The number of rotatable bonds is 9. The van der Waals surface area contributed by atoms with Crippen molar-refractivity contribution in [3.8, 4) is 5.75 Å². The molecule has 6 heteroatoms. The topological polar surface area (TPSA) is 65.1 Å². The first kappa shape index (κ1) is 20.3. The maximum atomic E-state index is 12.6. The van der Waals surface area contributed by atoms with Gasteiger partial charge in [-0.1, -0.05) is 30.3 Å². The number of carbonyl (C=O) groups is 2. The lowest BCUT2D eigenvalue weighted by atomic mass is 10.1. The van der Waals surface area contributed by atoms with Crippen LogP contribution in [0, 0.1) is 0 Å². The summed E-state index contributed by atoms with van der Waals surface area (Å²) in [5.41, 5.74) is 1.64. The van der Waals surface area contributed by atoms with E-state index in [9.17, 15) is 9.59 Å². The van der Waals surface area contributed by atoms with Gasteiger partial charge in [-0.25, -0.2) is 9.59 Å². The number of benzene rings is 2. The summed E-state index contributed by atoms with van der Waals surface area (Å²) in [4.78, 5) is 26.9. The summed E-state index contributed by atoms with van der Waals surface area (Å²) in [5, 5.41) is 0. The van der Waals surface area contributed by atoms with Crippen LogP contribution in [0.3, 0.4) is 0 Å². The van der Waals surface area contributed by atoms with Gasteiger partial charge in [0, 0.05) is 12.2 Å². The quantitative estimate of drug-likeness (QED) is 0.498. The highest BCUT2D eigenvalue weighted by Gasteiger charge is 2.36. The Kier molecular flexibility index (Phi) is 7.67. The Balaban J connectivity index is 2.44. The average Bonchev–Trinajstić information content (AvgIpc) is 2.69. The fraction of sp³-hybridized carbons (Fsp3) is 0.333. The number of carbonyl (C=O) groups excluding carboxylic acids is 2. The number of ether oxygens (including phenoxy) is 3. The number of hydrogen-bond donors (Lipinski definition) is 0. The van der Waals surface area contributed by atoms with Crippen molar-refractivity contribution >= 4 is 17.6 Å². The molecule has 0 heterocycles. The molecule has 144 valence electrons. The van der Waals surface area contributed by atoms with E-state index in [0.717, 1.165) is 5.56 Å². The molecule has 0 aliphatic rings. The molecule has 0 aliphatic heterocycles. The van der Waals surface area contributed by atoms with Crippen molar-refractivity contribution in [2.45, 2.75) is 26.4 Å². The van der Waals surface area contributed by atoms with Crippen LogP contribution in [0.15, 0.2) is 54.6 Å². The fourth-order valence-corrected chi connectivity index (χ4v) is 2.68. The van der Waals surface area contributed by atoms with Crippen LogP contribution in [0.1, 0.15) is 19.4 Å². The van der Waals surface area contributed by atoms with E-state index in [1.54, 1.807) is 50.1 Å². The lowest BCUT2D eigenvalue weighted by molar-refractivity contribution is -0.156. The largest absolute Gasteiger partial charge is 0.497 e. The molecule has 0 saturated heterocycles. The van der Waals surface area contributed by atoms with E-state index >= 15 is 0 Å². The van der Waals surface area contributed by atoms with Gasteiger partial charge in [0.25, 0.3) is 0 Å². The Morgan fingerprint density at radius 2 is 1.44 bits per heavy atom. The zero-order valence-electron chi connectivity index (χ0n) is 15.9. The lowest BCUT2D eigenvalue weighted by Crippen LogP contribution is -2.48. The summed E-state index contributed by atoms with van der Waals surface area (Å²) in [5.74, 6) is -0.590. The molecule has 0 spiro atoms. The number of anilines is 1. The first-order valence-corrected chi connectivity index (χ1v) is 8.88. The molecule has 0 fully saturated rings. The minimum Gasteiger partial charge on any atom is -0.497 e. The van der Waals surface area contributed by atoms with Crippen LogP contribution < -0.4 is 9.64 Å². The highest BCUT2D eigenvalue weighted by atomic mass is 16.6. The van der Waals surface area contributed by atoms with E-state index in [1.165, 1.54) is 0 Å². The molecule has 2 aromatic carbocycles. The second-order valence-electron chi connectivity index (χ2n) is 5.72. The van der Waals surface area contributed by atoms with E-state index in [2.05, 4.69) is 0 Å². The molecule has 0 atom stereocenters. The van der Waals surface area contributed by atoms with Crippen molar-refractivity contribution in [2.24, 2.45) is 0 Å². The number of nitrogens with zero attached hydrogens (tertiary/aromatic N) is 1. The van der Waals surface area contributed by atoms with Crippen molar-refractivity contribution < 1.29 is 23.8 Å². The molecule has 0 saturated carbocycles. The van der Waals surface area contributed by atoms with E-state index in [4.69, 9.17) is 14.2 Å². The smallest absolute Gasteiger partial charge is 0.340 e. The van der Waals surface area contributed by atoms with Crippen molar-refractivity contribution in [2.75, 3.05) is 25.2 Å². The summed E-state index contributed by atoms with van der Waals surface area (Å²) in [7, 11) is 1.58. The van der Waals surface area contributed by atoms with Gasteiger partial charge in [-0.2, -0.15) is 0 Å². The van der Waals surface area contributed by atoms with Gasteiger partial charge >= 0.3 is 11.9 Å². The zero-order chi connectivity index (χ0) is 19.6. The van der Waals surface area contributed by atoms with Crippen LogP contribution in [0.5, 0.6) is 5.75 Å². The van der Waals surface area contributed by atoms with Gasteiger partial charge in [0.1, 0.15) is 5.75 Å². The van der Waals surface area contributed by atoms with Gasteiger partial charge in [0.15, 0.2) is 0 Å². The minimum absolute atomic E-state index is 0.177. The molecule has 0 aromatic heterocycles. The molecular weight excluding hydrogens is 346 g/mol. The van der Waals surface area contributed by atoms with Crippen molar-refractivity contribution in [1.82, 2.24) is 0 Å². The van der Waals surface area contributed by atoms with Crippen LogP contribution in [0.25, 0.3) is 0 Å². The summed E-state index contributed by atoms with van der Waals surface area (Å²) >= 11 is 0. The SMILES string of the molecule is CCOC(=O)C(C(=O)OCC)N(Cc1ccccc1)c1ccc(OC)cc1. The third kappa shape index (κ3) is 5.48. The van der Waals surface area contributed by atoms with E-state index in [1.807, 2.05) is 30.3 Å². The molecular formula is C21H25NO5. The second kappa shape index (κ2) is 10.2. The standard InChI is InChI=1S/C21H25NO5/c1-4-26-20(23)19(21(24)27-5-2)22(15-16-9-7-6-8-10-16)17-11-13-18(25-3)14-12-17/h6-14,19H,4-5,15H2,1-3H3. The van der Waals surface area contributed by atoms with Crippen molar-refractivity contribution in [3.05, 3.63) is 60.2 Å². The molecule has 0 N–H and O–H groups in total. The monoisotopic (exact) mass is 371 g/mol. The first-order chi connectivity index (χ1) is 13.1. The lowest BCUT2D eigenvalue weighted by Gasteiger charge is -2.30. The highest BCUT2D eigenvalue weighted by Crippen LogP contribution is 2.24. The van der Waals surface area contributed by atoms with Crippen LogP contribution in [-0.4, -0.2) is 38.3 Å². The van der Waals surface area contributed by atoms with Gasteiger partial charge in [0.2, 0.25) is 6.04 Å². The van der Waals surface area contributed by atoms with E-state index < -0.39 is 18.0 Å². The number of hydrogen-bond acceptors (Lipinski definition) is 6. The Morgan fingerprint density at radius 3 is 1.93 bits per heavy atom. The third-order valence-electron chi connectivity index (χ3n) is 3.93. The molecule has 2 aromatic rings. The predicted molar refractivity (Wildman–Crippen MR) is 103 cm³/mol. The zero-order valence-corrected chi connectivity index (χ0v) is 15.9. The number of methoxy groups -OCH3 is 1. The Hall–Kier alpha value is -3.02. The normalized spacial score (nSPS) is 10.4. The molecule has 2 rings (SSSR count). The predicted octanol–water partition coefficient (Wildman–Crippen LogP) is 3.20. The molecule has 0 amide bonds. The van der Waals surface area contributed by atoms with Gasteiger partial charge < -0.3 is 19.1 Å². The Labute approximate surface area is 159 Å². The minimum atomic E-state index is -1.20. The molecule has 27 heavy (non-hydrogen) atoms. The van der Waals surface area contributed by atoms with E-state index in [-0.39, 0.29) is 13.2 Å². The van der Waals surface area contributed by atoms with Gasteiger partial charge in [-0.3, -0.25) is 0 Å². The fourth-order valence-electron chi connectivity index (χ4n) is 2.68. The van der Waals surface area contributed by atoms with Crippen LogP contribution >= 0.6 is 0 Å². The summed E-state index contributed by atoms with van der Waals surface area (Å²) in [6, 6.07) is 15.6. The summed E-state index contributed by atoms with van der Waals surface area (Å²) in [6.07, 6.45) is 0. The van der Waals surface area contributed by atoms with Gasteiger partial charge in [-0.05, 0) is 43.7 Å². The van der Waals surface area contributed by atoms with E-state index in [0.29, 0.717) is 18.0 Å². The van der Waals surface area contributed by atoms with Crippen LogP contribution in [-0.2, 0) is 25.6 Å². The van der Waals surface area contributed by atoms with Crippen molar-refractivity contribution in [3.63, 3.8) is 0 Å². The van der Waals surface area contributed by atoms with Crippen LogP contribution in [0.2, 0.25) is 0 Å². The molecule has 0 radical (unpaired) electrons. The second-order valence-corrected chi connectivity index (χ2v) is 5.72. The third-order valence-corrected chi connectivity index (χ3v) is 3.93. The molecule has 0 unspecified atom stereocenters. The van der Waals surface area contributed by atoms with Crippen LogP contribution in [0.4, 0.5) is 5.69 Å². The molecule has 6 nitrogen and oxygen atoms in total. The average molecular weight is 371 g/mol. The number of esters is 2. The molecule has 0 aliphatic carbocycles. The van der Waals surface area contributed by atoms with Gasteiger partial charge in [-0.15, -0.1) is 0 Å². The first-order valence-electron chi connectivity index (χ1n) is 8.88. The van der Waals surface area contributed by atoms with Crippen molar-refractivity contribution in [1.29, 1.82) is 0 Å². The molecule has 0 bridgehead atoms.